The fourth-order valence-corrected chi connectivity index (χ4v) is 4.64. The van der Waals surface area contributed by atoms with Crippen LogP contribution in [0.5, 0.6) is 5.75 Å². The van der Waals surface area contributed by atoms with Crippen molar-refractivity contribution >= 4 is 43.8 Å². The SMILES string of the molecule is CS(=O)(=O)CCNC=C1C=CC(c2cc3c(Nc4ccc(OCc5cccc(F)c5)c(Cl)c4)ncnc3cn2)O1. The molecule has 0 amide bonds. The minimum Gasteiger partial charge on any atom is -0.487 e. The molecule has 0 saturated carbocycles. The number of pyridine rings is 1. The van der Waals surface area contributed by atoms with Crippen molar-refractivity contribution in [3.05, 3.63) is 107 Å². The van der Waals surface area contributed by atoms with Gasteiger partial charge in [0.1, 0.15) is 45.9 Å². The number of halogens is 2. The first kappa shape index (κ1) is 27.4. The minimum atomic E-state index is -3.04. The van der Waals surface area contributed by atoms with Crippen molar-refractivity contribution in [2.24, 2.45) is 0 Å². The minimum absolute atomic E-state index is 0.0296. The number of sulfone groups is 1. The molecular weight excluding hydrogens is 557 g/mol. The van der Waals surface area contributed by atoms with Crippen LogP contribution in [0.3, 0.4) is 0 Å². The highest BCUT2D eigenvalue weighted by Crippen LogP contribution is 2.33. The fraction of sp³-hybridized carbons (Fsp3) is 0.179. The first-order chi connectivity index (χ1) is 19.2. The average molecular weight is 582 g/mol. The number of ether oxygens (including phenoxy) is 2. The molecular formula is C28H25ClFN5O4S. The number of hydrogen-bond donors (Lipinski definition) is 2. The molecule has 3 heterocycles. The molecule has 0 radical (unpaired) electrons. The molecule has 1 unspecified atom stereocenters. The van der Waals surface area contributed by atoms with Crippen LogP contribution in [0.2, 0.25) is 5.02 Å². The topological polar surface area (TPSA) is 115 Å². The van der Waals surface area contributed by atoms with Crippen LogP contribution in [-0.4, -0.2) is 41.9 Å². The van der Waals surface area contributed by atoms with Gasteiger partial charge in [-0.05, 0) is 54.1 Å². The van der Waals surface area contributed by atoms with Gasteiger partial charge in [0.25, 0.3) is 0 Å². The molecule has 0 aliphatic carbocycles. The van der Waals surface area contributed by atoms with Gasteiger partial charge in [0.15, 0.2) is 6.10 Å². The van der Waals surface area contributed by atoms with Crippen LogP contribution in [0.1, 0.15) is 17.4 Å². The third kappa shape index (κ3) is 7.04. The van der Waals surface area contributed by atoms with Gasteiger partial charge in [-0.15, -0.1) is 0 Å². The summed E-state index contributed by atoms with van der Waals surface area (Å²) in [6, 6.07) is 13.3. The van der Waals surface area contributed by atoms with Crippen LogP contribution >= 0.6 is 11.6 Å². The Bertz CT molecular complexity index is 1710. The molecule has 0 spiro atoms. The Hall–Kier alpha value is -4.22. The molecule has 1 atom stereocenters. The van der Waals surface area contributed by atoms with Crippen LogP contribution in [0.4, 0.5) is 15.9 Å². The van der Waals surface area contributed by atoms with E-state index in [4.69, 9.17) is 21.1 Å². The maximum atomic E-state index is 13.4. The van der Waals surface area contributed by atoms with E-state index in [1.54, 1.807) is 48.8 Å². The van der Waals surface area contributed by atoms with Gasteiger partial charge in [-0.25, -0.2) is 22.8 Å². The third-order valence-corrected chi connectivity index (χ3v) is 7.11. The molecule has 0 bridgehead atoms. The monoisotopic (exact) mass is 581 g/mol. The smallest absolute Gasteiger partial charge is 0.159 e. The highest BCUT2D eigenvalue weighted by atomic mass is 35.5. The molecule has 12 heteroatoms. The summed E-state index contributed by atoms with van der Waals surface area (Å²) in [5.41, 5.74) is 2.67. The second kappa shape index (κ2) is 11.9. The standard InChI is InChI=1S/C28H25ClFN5O4S/c1-40(36,37)10-9-31-14-21-6-8-27(39-21)24-13-22-25(15-32-24)33-17-34-28(22)35-20-5-7-26(23(29)12-20)38-16-18-3-2-4-19(30)11-18/h2-8,11-15,17,27,31H,9-10,16H2,1H3,(H,33,34,35). The zero-order valence-corrected chi connectivity index (χ0v) is 22.9. The Morgan fingerprint density at radius 2 is 2.02 bits per heavy atom. The summed E-state index contributed by atoms with van der Waals surface area (Å²) in [4.78, 5) is 13.2. The summed E-state index contributed by atoms with van der Waals surface area (Å²) >= 11 is 6.46. The van der Waals surface area contributed by atoms with Gasteiger partial charge >= 0.3 is 0 Å². The fourth-order valence-electron chi connectivity index (χ4n) is 3.92. The van der Waals surface area contributed by atoms with Crippen LogP contribution in [-0.2, 0) is 21.2 Å². The Kier molecular flexibility index (Phi) is 8.13. The molecule has 0 fully saturated rings. The highest BCUT2D eigenvalue weighted by molar-refractivity contribution is 7.90. The Morgan fingerprint density at radius 3 is 2.83 bits per heavy atom. The summed E-state index contributed by atoms with van der Waals surface area (Å²) in [5.74, 6) is 1.29. The maximum absolute atomic E-state index is 13.4. The zero-order chi connectivity index (χ0) is 28.1. The molecule has 2 aromatic carbocycles. The average Bonchev–Trinajstić information content (AvgIpc) is 3.39. The lowest BCUT2D eigenvalue weighted by Crippen LogP contribution is -2.18. The van der Waals surface area contributed by atoms with Crippen molar-refractivity contribution in [2.45, 2.75) is 12.7 Å². The second-order valence-corrected chi connectivity index (χ2v) is 11.7. The maximum Gasteiger partial charge on any atom is 0.159 e. The zero-order valence-electron chi connectivity index (χ0n) is 21.3. The lowest BCUT2D eigenvalue weighted by atomic mass is 10.1. The third-order valence-electron chi connectivity index (χ3n) is 5.87. The summed E-state index contributed by atoms with van der Waals surface area (Å²) in [6.07, 6.45) is 9.15. The molecule has 5 rings (SSSR count). The molecule has 0 saturated heterocycles. The quantitative estimate of drug-likeness (QED) is 0.242. The van der Waals surface area contributed by atoms with Crippen LogP contribution in [0.15, 0.2) is 85.2 Å². The Labute approximate surface area is 235 Å². The van der Waals surface area contributed by atoms with E-state index < -0.39 is 15.9 Å². The Morgan fingerprint density at radius 1 is 1.15 bits per heavy atom. The van der Waals surface area contributed by atoms with Crippen molar-refractivity contribution in [1.29, 1.82) is 0 Å². The van der Waals surface area contributed by atoms with Gasteiger partial charge in [0.2, 0.25) is 0 Å². The summed E-state index contributed by atoms with van der Waals surface area (Å²) < 4.78 is 47.7. The molecule has 4 aromatic rings. The van der Waals surface area contributed by atoms with Gasteiger partial charge in [0.05, 0.1) is 28.2 Å². The Balaban J connectivity index is 1.27. The van der Waals surface area contributed by atoms with Gasteiger partial charge in [-0.1, -0.05) is 23.7 Å². The van der Waals surface area contributed by atoms with Gasteiger partial charge < -0.3 is 20.1 Å². The molecule has 206 valence electrons. The van der Waals surface area contributed by atoms with E-state index in [0.29, 0.717) is 44.8 Å². The van der Waals surface area contributed by atoms with Crippen molar-refractivity contribution in [1.82, 2.24) is 20.3 Å². The van der Waals surface area contributed by atoms with E-state index in [1.165, 1.54) is 24.7 Å². The molecule has 2 aromatic heterocycles. The van der Waals surface area contributed by atoms with Gasteiger partial charge in [0, 0.05) is 30.1 Å². The van der Waals surface area contributed by atoms with E-state index in [-0.39, 0.29) is 24.7 Å². The first-order valence-corrected chi connectivity index (χ1v) is 14.7. The summed E-state index contributed by atoms with van der Waals surface area (Å²) in [7, 11) is -3.04. The number of hydrogen-bond acceptors (Lipinski definition) is 9. The second-order valence-electron chi connectivity index (χ2n) is 9.07. The molecule has 2 N–H and O–H groups in total. The van der Waals surface area contributed by atoms with Crippen LogP contribution in [0, 0.1) is 5.82 Å². The van der Waals surface area contributed by atoms with Crippen molar-refractivity contribution in [3.8, 4) is 5.75 Å². The summed E-state index contributed by atoms with van der Waals surface area (Å²) in [5, 5.41) is 7.34. The van der Waals surface area contributed by atoms with Gasteiger partial charge in [-0.3, -0.25) is 4.98 Å². The number of nitrogens with zero attached hydrogens (tertiary/aromatic N) is 3. The number of rotatable bonds is 10. The number of aromatic nitrogens is 3. The molecule has 9 nitrogen and oxygen atoms in total. The number of allylic oxidation sites excluding steroid dienone is 1. The largest absolute Gasteiger partial charge is 0.487 e. The van der Waals surface area contributed by atoms with E-state index in [0.717, 1.165) is 5.39 Å². The van der Waals surface area contributed by atoms with Crippen LogP contribution < -0.4 is 15.4 Å². The number of anilines is 2. The normalized spacial score (nSPS) is 15.8. The van der Waals surface area contributed by atoms with Crippen molar-refractivity contribution in [2.75, 3.05) is 23.9 Å². The predicted octanol–water partition coefficient (Wildman–Crippen LogP) is 5.24. The number of benzene rings is 2. The van der Waals surface area contributed by atoms with E-state index in [9.17, 15) is 12.8 Å². The lowest BCUT2D eigenvalue weighted by Gasteiger charge is -2.14. The highest BCUT2D eigenvalue weighted by Gasteiger charge is 2.19. The predicted molar refractivity (Wildman–Crippen MR) is 152 cm³/mol. The van der Waals surface area contributed by atoms with E-state index >= 15 is 0 Å². The summed E-state index contributed by atoms with van der Waals surface area (Å²) in [6.45, 7) is 0.469. The van der Waals surface area contributed by atoms with Crippen LogP contribution in [0.25, 0.3) is 10.9 Å². The van der Waals surface area contributed by atoms with E-state index in [2.05, 4.69) is 25.6 Å². The number of fused-ring (bicyclic) bond motifs is 1. The number of nitrogens with one attached hydrogen (secondary N) is 2. The first-order valence-electron chi connectivity index (χ1n) is 12.2. The van der Waals surface area contributed by atoms with E-state index in [1.807, 2.05) is 12.1 Å². The molecule has 40 heavy (non-hydrogen) atoms. The lowest BCUT2D eigenvalue weighted by molar-refractivity contribution is 0.179. The van der Waals surface area contributed by atoms with Crippen molar-refractivity contribution in [3.63, 3.8) is 0 Å². The van der Waals surface area contributed by atoms with Crippen molar-refractivity contribution < 1.29 is 22.3 Å². The molecule has 1 aliphatic heterocycles. The van der Waals surface area contributed by atoms with Gasteiger partial charge in [-0.2, -0.15) is 0 Å². The molecule has 1 aliphatic rings.